The van der Waals surface area contributed by atoms with Gasteiger partial charge in [-0.3, -0.25) is 14.9 Å². The van der Waals surface area contributed by atoms with Gasteiger partial charge in [0, 0.05) is 43.9 Å². The Morgan fingerprint density at radius 1 is 1.14 bits per heavy atom. The van der Waals surface area contributed by atoms with Crippen LogP contribution >= 0.6 is 21.6 Å². The van der Waals surface area contributed by atoms with Crippen LogP contribution in [0.15, 0.2) is 90.7 Å². The van der Waals surface area contributed by atoms with E-state index in [0.717, 1.165) is 61.2 Å². The lowest BCUT2D eigenvalue weighted by Crippen LogP contribution is -2.61. The maximum Gasteiger partial charge on any atom is 0.163 e. The maximum absolute atomic E-state index is 12.9. The number of phenolic OH excluding ortho intramolecular Hbond substituents is 1. The predicted octanol–water partition coefficient (Wildman–Crippen LogP) is 6.91. The summed E-state index contributed by atoms with van der Waals surface area (Å²) >= 11 is 0. The molecule has 3 aliphatic rings. The molecule has 0 radical (unpaired) electrons. The molecule has 2 aromatic carbocycles. The van der Waals surface area contributed by atoms with Gasteiger partial charge in [0.05, 0.1) is 24.6 Å². The smallest absolute Gasteiger partial charge is 0.163 e. The molecule has 0 spiro atoms. The van der Waals surface area contributed by atoms with Crippen LogP contribution in [0.3, 0.4) is 0 Å². The molecule has 258 valence electrons. The Morgan fingerprint density at radius 2 is 2.00 bits per heavy atom. The minimum atomic E-state index is -0.265. The molecular weight excluding hydrogens is 653 g/mol. The molecule has 0 saturated carbocycles. The number of dihydropyridines is 1. The molecule has 0 aliphatic carbocycles. The van der Waals surface area contributed by atoms with Crippen LogP contribution in [0.25, 0.3) is 6.08 Å². The van der Waals surface area contributed by atoms with Gasteiger partial charge in [-0.2, -0.15) is 0 Å². The number of ether oxygens (including phenoxy) is 1. The van der Waals surface area contributed by atoms with Crippen LogP contribution in [0.1, 0.15) is 55.7 Å². The number of carbonyl (C=O) groups is 2. The van der Waals surface area contributed by atoms with E-state index < -0.39 is 0 Å². The van der Waals surface area contributed by atoms with Crippen LogP contribution in [0, 0.1) is 11.8 Å². The summed E-state index contributed by atoms with van der Waals surface area (Å²) in [5, 5.41) is 18.3. The lowest BCUT2D eigenvalue weighted by atomic mass is 9.75. The molecule has 1 saturated heterocycles. The zero-order valence-corrected chi connectivity index (χ0v) is 29.9. The summed E-state index contributed by atoms with van der Waals surface area (Å²) < 4.78 is 7.37. The Hall–Kier alpha value is -3.73. The maximum atomic E-state index is 12.9. The van der Waals surface area contributed by atoms with Crippen LogP contribution < -0.4 is 15.4 Å². The highest BCUT2D eigenvalue weighted by molar-refractivity contribution is 8.77. The fraction of sp³-hybridized carbons (Fsp3) is 0.410. The fourth-order valence-electron chi connectivity index (χ4n) is 7.09. The number of hydrogen-bond donors (Lipinski definition) is 3. The van der Waals surface area contributed by atoms with Crippen molar-refractivity contribution in [3.63, 3.8) is 0 Å². The van der Waals surface area contributed by atoms with Crippen molar-refractivity contribution in [3.05, 3.63) is 107 Å². The quantitative estimate of drug-likeness (QED) is 0.179. The second-order valence-electron chi connectivity index (χ2n) is 13.3. The van der Waals surface area contributed by atoms with Crippen LogP contribution in [-0.2, 0) is 29.0 Å². The number of methoxy groups -OCH3 is 1. The topological polar surface area (TPSA) is 105 Å². The molecule has 1 aromatic heterocycles. The number of rotatable bonds is 7. The fourth-order valence-corrected chi connectivity index (χ4v) is 11.0. The number of nitrogens with one attached hydrogen (secondary N) is 2. The summed E-state index contributed by atoms with van der Waals surface area (Å²) in [6, 6.07) is 14.2. The predicted molar refractivity (Wildman–Crippen MR) is 199 cm³/mol. The average molecular weight is 699 g/mol. The normalized spacial score (nSPS) is 25.6. The number of phenols is 1. The summed E-state index contributed by atoms with van der Waals surface area (Å²) in [7, 11) is 5.40. The molecule has 6 rings (SSSR count). The highest BCUT2D eigenvalue weighted by Crippen LogP contribution is 2.53. The van der Waals surface area contributed by atoms with Crippen LogP contribution in [0.2, 0.25) is 0 Å². The molecule has 4 heterocycles. The zero-order chi connectivity index (χ0) is 34.2. The second-order valence-corrected chi connectivity index (χ2v) is 15.9. The molecule has 10 heteroatoms. The van der Waals surface area contributed by atoms with E-state index >= 15 is 0 Å². The highest BCUT2D eigenvalue weighted by atomic mass is 33.1. The minimum Gasteiger partial charge on any atom is -0.504 e. The summed E-state index contributed by atoms with van der Waals surface area (Å²) in [5.74, 6) is 1.75. The van der Waals surface area contributed by atoms with E-state index in [9.17, 15) is 14.7 Å². The first kappa shape index (κ1) is 35.1. The van der Waals surface area contributed by atoms with Gasteiger partial charge in [0.1, 0.15) is 11.9 Å². The van der Waals surface area contributed by atoms with Crippen molar-refractivity contribution in [2.24, 2.45) is 11.8 Å². The van der Waals surface area contributed by atoms with Crippen molar-refractivity contribution < 1.29 is 19.4 Å². The lowest BCUT2D eigenvalue weighted by molar-refractivity contribution is -0.124. The number of Topliss-reactive ketones (excluding diaryl/α,β-unsaturated/α-hetero) is 1. The Bertz CT molecular complexity index is 1700. The first-order valence-electron chi connectivity index (χ1n) is 17.2. The molecule has 3 N–H and O–H groups in total. The number of aryl methyl sites for hydroxylation is 1. The van der Waals surface area contributed by atoms with Crippen molar-refractivity contribution in [1.82, 2.24) is 20.2 Å². The van der Waals surface area contributed by atoms with E-state index in [-0.39, 0.29) is 34.6 Å². The molecule has 49 heavy (non-hydrogen) atoms. The van der Waals surface area contributed by atoms with Gasteiger partial charge in [-0.15, -0.1) is 0 Å². The van der Waals surface area contributed by atoms with Crippen LogP contribution in [0.5, 0.6) is 11.5 Å². The number of allylic oxidation sites excluding steroid dienone is 3. The standard InChI is InChI=1S/C39H46N4O4S2/c1-3-27-10-13-33(44)21-34(45)14-11-30-20-37(47-2)36(46)19-31(30)17-29-18-35-38(41-22-29)42-23-32(12-9-28-7-5-4-6-8-28)39(35,49-48-24-27)25-43-16-15-40-26-43/h4-8,11,14-16,18-20,22,26-27,32,38,41-42,46H,3,9-10,12-13,17,21,23-25H2,1-2H3/b14-11+/t27-,32+,38?,39-/m1/s1. The lowest BCUT2D eigenvalue weighted by Gasteiger charge is -2.50. The Balaban J connectivity index is 1.43. The molecule has 2 bridgehead atoms. The highest BCUT2D eigenvalue weighted by Gasteiger charge is 2.49. The van der Waals surface area contributed by atoms with E-state index in [4.69, 9.17) is 4.74 Å². The number of aromatic hydroxyl groups is 1. The minimum absolute atomic E-state index is 0.0231. The van der Waals surface area contributed by atoms with E-state index in [1.54, 1.807) is 18.2 Å². The number of piperidine rings is 1. The van der Waals surface area contributed by atoms with Gasteiger partial charge in [-0.05, 0) is 83.6 Å². The molecule has 1 unspecified atom stereocenters. The number of ketones is 2. The van der Waals surface area contributed by atoms with Gasteiger partial charge in [-0.1, -0.05) is 77.4 Å². The van der Waals surface area contributed by atoms with Gasteiger partial charge in [0.25, 0.3) is 0 Å². The molecule has 8 nitrogen and oxygen atoms in total. The first-order chi connectivity index (χ1) is 23.9. The van der Waals surface area contributed by atoms with E-state index in [1.807, 2.05) is 34.1 Å². The number of hydrogen-bond acceptors (Lipinski definition) is 9. The summed E-state index contributed by atoms with van der Waals surface area (Å²) in [6.07, 6.45) is 18.0. The summed E-state index contributed by atoms with van der Waals surface area (Å²) in [5.41, 5.74) is 5.34. The molecule has 1 fully saturated rings. The summed E-state index contributed by atoms with van der Waals surface area (Å²) in [4.78, 5) is 30.2. The van der Waals surface area contributed by atoms with Crippen molar-refractivity contribution >= 4 is 39.2 Å². The van der Waals surface area contributed by atoms with Crippen molar-refractivity contribution in [2.75, 3.05) is 19.4 Å². The Morgan fingerprint density at radius 3 is 2.78 bits per heavy atom. The molecule has 3 aliphatic heterocycles. The van der Waals surface area contributed by atoms with Gasteiger partial charge in [0.15, 0.2) is 17.3 Å². The van der Waals surface area contributed by atoms with Crippen molar-refractivity contribution in [3.8, 4) is 11.5 Å². The number of imidazole rings is 1. The summed E-state index contributed by atoms with van der Waals surface area (Å²) in [6.45, 7) is 3.84. The Kier molecular flexibility index (Phi) is 11.7. The van der Waals surface area contributed by atoms with Gasteiger partial charge in [-0.25, -0.2) is 4.98 Å². The average Bonchev–Trinajstić information content (AvgIpc) is 3.62. The number of carbonyl (C=O) groups excluding carboxylic acids is 2. The molecular formula is C39H46N4O4S2. The van der Waals surface area contributed by atoms with E-state index in [1.165, 1.54) is 24.3 Å². The first-order valence-corrected chi connectivity index (χ1v) is 19.5. The van der Waals surface area contributed by atoms with Gasteiger partial charge >= 0.3 is 0 Å². The van der Waals surface area contributed by atoms with Crippen LogP contribution in [0.4, 0.5) is 0 Å². The van der Waals surface area contributed by atoms with Gasteiger partial charge in [0.2, 0.25) is 0 Å². The number of benzene rings is 2. The van der Waals surface area contributed by atoms with E-state index in [0.29, 0.717) is 30.4 Å². The number of aromatic nitrogens is 2. The SMILES string of the molecule is CC[C@@H]1CCC(=O)CC(=O)/C=C/c2cc(OC)c(O)cc2CC2=CNC3NC[C@H](CCc4ccccc4)[C@@](Cn4ccnc4)(SSC1)C3=C2. The number of fused-ring (bicyclic) bond motifs is 2. The zero-order valence-electron chi connectivity index (χ0n) is 28.3. The molecule has 0 amide bonds. The third-order valence-corrected chi connectivity index (χ3v) is 13.4. The van der Waals surface area contributed by atoms with E-state index in [2.05, 4.69) is 75.9 Å². The molecule has 3 aromatic rings. The van der Waals surface area contributed by atoms with Crippen LogP contribution in [-0.4, -0.2) is 56.5 Å². The van der Waals surface area contributed by atoms with Gasteiger partial charge < -0.3 is 19.7 Å². The third kappa shape index (κ3) is 8.53. The number of nitrogens with zero attached hydrogens (tertiary/aromatic N) is 2. The monoisotopic (exact) mass is 698 g/mol. The molecule has 4 atom stereocenters. The largest absolute Gasteiger partial charge is 0.504 e. The second kappa shape index (κ2) is 16.3. The third-order valence-electron chi connectivity index (χ3n) is 9.98. The van der Waals surface area contributed by atoms with Crippen molar-refractivity contribution in [2.45, 2.75) is 69.3 Å². The Labute approximate surface area is 297 Å². The van der Waals surface area contributed by atoms with Crippen molar-refractivity contribution in [1.29, 1.82) is 0 Å².